The van der Waals surface area contributed by atoms with Crippen LogP contribution in [-0.4, -0.2) is 9.97 Å². The van der Waals surface area contributed by atoms with Crippen LogP contribution in [0.15, 0.2) is 29.1 Å². The zero-order valence-electron chi connectivity index (χ0n) is 9.47. The van der Waals surface area contributed by atoms with E-state index in [1.807, 2.05) is 13.0 Å². The van der Waals surface area contributed by atoms with Crippen molar-refractivity contribution in [1.82, 2.24) is 15.3 Å². The van der Waals surface area contributed by atoms with Crippen LogP contribution in [0.25, 0.3) is 0 Å². The number of aryl methyl sites for hydroxylation is 1. The zero-order valence-corrected chi connectivity index (χ0v) is 10.3. The molecule has 0 amide bonds. The molecule has 0 aromatic carbocycles. The third kappa shape index (κ3) is 2.87. The molecule has 1 N–H and O–H groups in total. The second-order valence-corrected chi connectivity index (χ2v) is 4.53. The van der Waals surface area contributed by atoms with Gasteiger partial charge in [0.05, 0.1) is 5.69 Å². The Morgan fingerprint density at radius 1 is 1.44 bits per heavy atom. The molecule has 0 spiro atoms. The monoisotopic (exact) mass is 233 g/mol. The first-order valence-electron chi connectivity index (χ1n) is 5.29. The first-order chi connectivity index (χ1) is 7.75. The fraction of sp³-hybridized carbons (Fsp3) is 0.333. The smallest absolute Gasteiger partial charge is 0.125 e. The van der Waals surface area contributed by atoms with Gasteiger partial charge >= 0.3 is 0 Å². The fourth-order valence-electron chi connectivity index (χ4n) is 1.50. The van der Waals surface area contributed by atoms with Gasteiger partial charge in [0, 0.05) is 18.8 Å². The molecule has 1 unspecified atom stereocenters. The highest BCUT2D eigenvalue weighted by atomic mass is 32.1. The first-order valence-corrected chi connectivity index (χ1v) is 6.24. The maximum atomic E-state index is 4.36. The molecule has 0 saturated heterocycles. The molecule has 4 heteroatoms. The van der Waals surface area contributed by atoms with Crippen LogP contribution in [0.4, 0.5) is 0 Å². The quantitative estimate of drug-likeness (QED) is 0.882. The normalized spacial score (nSPS) is 12.6. The van der Waals surface area contributed by atoms with Gasteiger partial charge in [-0.15, -0.1) is 0 Å². The summed E-state index contributed by atoms with van der Waals surface area (Å²) in [7, 11) is 0. The van der Waals surface area contributed by atoms with Gasteiger partial charge in [0.25, 0.3) is 0 Å². The summed E-state index contributed by atoms with van der Waals surface area (Å²) in [6.07, 6.45) is 1.80. The Balaban J connectivity index is 1.92. The summed E-state index contributed by atoms with van der Waals surface area (Å²) in [5.41, 5.74) is 2.37. The molecule has 84 valence electrons. The van der Waals surface area contributed by atoms with Gasteiger partial charge < -0.3 is 5.32 Å². The molecule has 0 fully saturated rings. The molecule has 16 heavy (non-hydrogen) atoms. The van der Waals surface area contributed by atoms with Crippen molar-refractivity contribution in [1.29, 1.82) is 0 Å². The minimum atomic E-state index is 0.363. The molecule has 2 rings (SSSR count). The molecule has 1 atom stereocenters. The summed E-state index contributed by atoms with van der Waals surface area (Å²) >= 11 is 1.73. The molecule has 0 aliphatic carbocycles. The summed E-state index contributed by atoms with van der Waals surface area (Å²) in [6.45, 7) is 4.85. The van der Waals surface area contributed by atoms with Crippen LogP contribution in [0.3, 0.4) is 0 Å². The minimum absolute atomic E-state index is 0.363. The van der Waals surface area contributed by atoms with E-state index in [1.54, 1.807) is 17.5 Å². The Morgan fingerprint density at radius 3 is 3.00 bits per heavy atom. The molecule has 2 aromatic heterocycles. The molecule has 0 radical (unpaired) electrons. The van der Waals surface area contributed by atoms with Gasteiger partial charge in [0.2, 0.25) is 0 Å². The molecule has 0 aliphatic rings. The van der Waals surface area contributed by atoms with Crippen molar-refractivity contribution in [2.45, 2.75) is 26.4 Å². The highest BCUT2D eigenvalue weighted by Crippen LogP contribution is 2.15. The van der Waals surface area contributed by atoms with Gasteiger partial charge in [0.1, 0.15) is 5.82 Å². The highest BCUT2D eigenvalue weighted by molar-refractivity contribution is 7.07. The Hall–Kier alpha value is -1.26. The lowest BCUT2D eigenvalue weighted by Crippen LogP contribution is -2.18. The lowest BCUT2D eigenvalue weighted by atomic mass is 10.2. The largest absolute Gasteiger partial charge is 0.305 e. The fourth-order valence-corrected chi connectivity index (χ4v) is 2.25. The summed E-state index contributed by atoms with van der Waals surface area (Å²) in [6, 6.07) is 4.45. The lowest BCUT2D eigenvalue weighted by Gasteiger charge is -2.11. The van der Waals surface area contributed by atoms with Crippen LogP contribution in [-0.2, 0) is 6.54 Å². The van der Waals surface area contributed by atoms with Gasteiger partial charge in [-0.05, 0) is 42.3 Å². The van der Waals surface area contributed by atoms with E-state index < -0.39 is 0 Å². The van der Waals surface area contributed by atoms with Crippen molar-refractivity contribution in [2.24, 2.45) is 0 Å². The molecule has 0 saturated carbocycles. The van der Waals surface area contributed by atoms with Crippen LogP contribution >= 0.6 is 11.3 Å². The van der Waals surface area contributed by atoms with Crippen molar-refractivity contribution >= 4 is 11.3 Å². The number of hydrogen-bond acceptors (Lipinski definition) is 4. The molecular weight excluding hydrogens is 218 g/mol. The van der Waals surface area contributed by atoms with Crippen LogP contribution in [0.5, 0.6) is 0 Å². The second kappa shape index (κ2) is 5.18. The predicted octanol–water partition coefficient (Wildman–Crippen LogP) is 2.70. The molecular formula is C12H15N3S. The average molecular weight is 233 g/mol. The SMILES string of the molecule is Cc1nccc(CNC(C)c2ccsc2)n1. The van der Waals surface area contributed by atoms with Crippen molar-refractivity contribution in [3.8, 4) is 0 Å². The van der Waals surface area contributed by atoms with E-state index in [1.165, 1.54) is 5.56 Å². The lowest BCUT2D eigenvalue weighted by molar-refractivity contribution is 0.567. The summed E-state index contributed by atoms with van der Waals surface area (Å²) in [4.78, 5) is 8.44. The number of hydrogen-bond donors (Lipinski definition) is 1. The Labute approximate surface area is 99.6 Å². The molecule has 2 heterocycles. The second-order valence-electron chi connectivity index (χ2n) is 3.75. The van der Waals surface area contributed by atoms with Crippen LogP contribution in [0, 0.1) is 6.92 Å². The average Bonchev–Trinajstić information content (AvgIpc) is 2.79. The molecule has 3 nitrogen and oxygen atoms in total. The third-order valence-corrected chi connectivity index (χ3v) is 3.17. The zero-order chi connectivity index (χ0) is 11.4. The Bertz CT molecular complexity index is 439. The van der Waals surface area contributed by atoms with Gasteiger partial charge in [-0.1, -0.05) is 0 Å². The van der Waals surface area contributed by atoms with E-state index in [0.717, 1.165) is 18.1 Å². The molecule has 0 aliphatic heterocycles. The van der Waals surface area contributed by atoms with E-state index in [9.17, 15) is 0 Å². The van der Waals surface area contributed by atoms with Crippen molar-refractivity contribution < 1.29 is 0 Å². The van der Waals surface area contributed by atoms with Crippen LogP contribution < -0.4 is 5.32 Å². The number of aromatic nitrogens is 2. The number of nitrogens with zero attached hydrogens (tertiary/aromatic N) is 2. The predicted molar refractivity (Wildman–Crippen MR) is 66.3 cm³/mol. The van der Waals surface area contributed by atoms with Crippen molar-refractivity contribution in [3.63, 3.8) is 0 Å². The van der Waals surface area contributed by atoms with Crippen LogP contribution in [0.2, 0.25) is 0 Å². The third-order valence-electron chi connectivity index (χ3n) is 2.47. The van der Waals surface area contributed by atoms with Crippen molar-refractivity contribution in [3.05, 3.63) is 46.2 Å². The summed E-state index contributed by atoms with van der Waals surface area (Å²) < 4.78 is 0. The van der Waals surface area contributed by atoms with Gasteiger partial charge in [-0.25, -0.2) is 9.97 Å². The van der Waals surface area contributed by atoms with E-state index >= 15 is 0 Å². The van der Waals surface area contributed by atoms with Crippen molar-refractivity contribution in [2.75, 3.05) is 0 Å². The van der Waals surface area contributed by atoms with Gasteiger partial charge in [-0.2, -0.15) is 11.3 Å². The van der Waals surface area contributed by atoms with Crippen LogP contribution in [0.1, 0.15) is 30.0 Å². The number of rotatable bonds is 4. The molecule has 2 aromatic rings. The summed E-state index contributed by atoms with van der Waals surface area (Å²) in [5, 5.41) is 7.71. The van der Waals surface area contributed by atoms with E-state index in [-0.39, 0.29) is 0 Å². The topological polar surface area (TPSA) is 37.8 Å². The number of thiophene rings is 1. The summed E-state index contributed by atoms with van der Waals surface area (Å²) in [5.74, 6) is 0.822. The van der Waals surface area contributed by atoms with Gasteiger partial charge in [-0.3, -0.25) is 0 Å². The number of nitrogens with one attached hydrogen (secondary N) is 1. The van der Waals surface area contributed by atoms with E-state index in [0.29, 0.717) is 6.04 Å². The Kier molecular flexibility index (Phi) is 3.64. The van der Waals surface area contributed by atoms with E-state index in [2.05, 4.69) is 39.0 Å². The highest BCUT2D eigenvalue weighted by Gasteiger charge is 2.05. The first kappa shape index (κ1) is 11.2. The maximum Gasteiger partial charge on any atom is 0.125 e. The van der Waals surface area contributed by atoms with E-state index in [4.69, 9.17) is 0 Å². The maximum absolute atomic E-state index is 4.36. The standard InChI is InChI=1S/C12H15N3S/c1-9(11-4-6-16-8-11)14-7-12-3-5-13-10(2)15-12/h3-6,8-9,14H,7H2,1-2H3. The van der Waals surface area contributed by atoms with Gasteiger partial charge in [0.15, 0.2) is 0 Å². The minimum Gasteiger partial charge on any atom is -0.305 e. The Morgan fingerprint density at radius 2 is 2.31 bits per heavy atom. The molecule has 0 bridgehead atoms.